The van der Waals surface area contributed by atoms with E-state index in [1.54, 1.807) is 28.5 Å². The summed E-state index contributed by atoms with van der Waals surface area (Å²) < 4.78 is 39.6. The van der Waals surface area contributed by atoms with Crippen LogP contribution in [-0.4, -0.2) is 136 Å². The fourth-order valence-electron chi connectivity index (χ4n) is 8.52. The Morgan fingerprint density at radius 3 is 2.31 bits per heavy atom. The van der Waals surface area contributed by atoms with Gasteiger partial charge in [-0.15, -0.1) is 0 Å². The number of benzene rings is 2. The van der Waals surface area contributed by atoms with Crippen molar-refractivity contribution in [3.63, 3.8) is 0 Å². The number of piperidine rings is 1. The zero-order valence-corrected chi connectivity index (χ0v) is 34.1. The van der Waals surface area contributed by atoms with Crippen LogP contribution < -0.4 is 15.7 Å². The zero-order chi connectivity index (χ0) is 42.0. The third-order valence-corrected chi connectivity index (χ3v) is 12.3. The normalized spacial score (nSPS) is 19.7. The lowest BCUT2D eigenvalue weighted by atomic mass is 9.90. The van der Waals surface area contributed by atoms with Crippen LogP contribution in [-0.2, 0) is 27.9 Å². The first-order chi connectivity index (χ1) is 28.3. The maximum absolute atomic E-state index is 15.6. The summed E-state index contributed by atoms with van der Waals surface area (Å²) in [6, 6.07) is 7.41. The van der Waals surface area contributed by atoms with E-state index in [-0.39, 0.29) is 57.5 Å². The molecule has 0 saturated carbocycles. The molecule has 2 aromatic carbocycles. The van der Waals surface area contributed by atoms with E-state index in [1.165, 1.54) is 54.3 Å². The Hall–Kier alpha value is -5.23. The average Bonchev–Trinajstić information content (AvgIpc) is 3.77. The van der Waals surface area contributed by atoms with Gasteiger partial charge in [0.05, 0.1) is 67.4 Å². The lowest BCUT2D eigenvalue weighted by Gasteiger charge is -2.47. The number of ether oxygens (including phenoxy) is 1. The predicted octanol–water partition coefficient (Wildman–Crippen LogP) is 2.57. The first-order valence-corrected chi connectivity index (χ1v) is 20.1. The lowest BCUT2D eigenvalue weighted by Crippen LogP contribution is -2.63. The van der Waals surface area contributed by atoms with E-state index in [0.29, 0.717) is 92.6 Å². The van der Waals surface area contributed by atoms with Crippen molar-refractivity contribution in [2.45, 2.75) is 26.3 Å². The summed E-state index contributed by atoms with van der Waals surface area (Å²) in [6.45, 7) is 7.77. The Morgan fingerprint density at radius 2 is 1.66 bits per heavy atom. The number of nitrogens with zero attached hydrogens (tertiary/aromatic N) is 7. The molecular formula is C41H48ClF2N9O6. The van der Waals surface area contributed by atoms with Gasteiger partial charge in [-0.25, -0.2) is 13.8 Å². The van der Waals surface area contributed by atoms with E-state index in [1.807, 2.05) is 0 Å². The second-order valence-electron chi connectivity index (χ2n) is 15.7. The number of carboxylic acid groups (broad SMARTS) is 1. The van der Waals surface area contributed by atoms with Crippen LogP contribution >= 0.6 is 11.6 Å². The summed E-state index contributed by atoms with van der Waals surface area (Å²) in [5.74, 6) is -3.94. The van der Waals surface area contributed by atoms with Gasteiger partial charge in [-0.3, -0.25) is 19.1 Å². The van der Waals surface area contributed by atoms with E-state index in [2.05, 4.69) is 20.7 Å². The smallest absolute Gasteiger partial charge is 0.291 e. The van der Waals surface area contributed by atoms with Crippen molar-refractivity contribution in [3.8, 4) is 22.4 Å². The van der Waals surface area contributed by atoms with Gasteiger partial charge in [0.25, 0.3) is 11.8 Å². The van der Waals surface area contributed by atoms with Crippen LogP contribution in [0.5, 0.6) is 0 Å². The number of carbonyl (C=O) groups is 4. The van der Waals surface area contributed by atoms with Gasteiger partial charge in [-0.2, -0.15) is 5.10 Å². The quantitative estimate of drug-likeness (QED) is 0.193. The van der Waals surface area contributed by atoms with Crippen molar-refractivity contribution in [2.75, 3.05) is 84.5 Å². The molecule has 3 fully saturated rings. The van der Waals surface area contributed by atoms with Crippen LogP contribution in [0.1, 0.15) is 39.5 Å². The Labute approximate surface area is 345 Å². The number of quaternary nitrogens is 1. The summed E-state index contributed by atoms with van der Waals surface area (Å²) >= 11 is 6.57. The number of piperazine rings is 1. The number of hydrogen-bond acceptors (Lipinski definition) is 9. The molecule has 4 aromatic rings. The fourth-order valence-corrected chi connectivity index (χ4v) is 8.78. The molecule has 3 amide bonds. The van der Waals surface area contributed by atoms with Crippen LogP contribution in [0.15, 0.2) is 42.7 Å². The van der Waals surface area contributed by atoms with E-state index >= 15 is 8.78 Å². The first kappa shape index (κ1) is 41.9. The van der Waals surface area contributed by atoms with Crippen LogP contribution in [0.4, 0.5) is 14.5 Å². The molecule has 7 rings (SSSR count). The van der Waals surface area contributed by atoms with E-state index in [4.69, 9.17) is 16.3 Å². The molecule has 314 valence electrons. The predicted molar refractivity (Wildman–Crippen MR) is 212 cm³/mol. The number of aliphatic carboxylic acids is 1. The molecule has 2 N–H and O–H groups in total. The van der Waals surface area contributed by atoms with Gasteiger partial charge in [0.2, 0.25) is 5.91 Å². The van der Waals surface area contributed by atoms with Crippen molar-refractivity contribution in [1.82, 2.24) is 34.4 Å². The van der Waals surface area contributed by atoms with Crippen molar-refractivity contribution < 1.29 is 42.3 Å². The number of anilines is 1. The molecule has 0 aliphatic carbocycles. The molecular weight excluding hydrogens is 788 g/mol. The molecule has 0 spiro atoms. The molecule has 0 atom stereocenters. The van der Waals surface area contributed by atoms with Crippen LogP contribution in [0, 0.1) is 30.4 Å². The molecule has 15 nitrogen and oxygen atoms in total. The van der Waals surface area contributed by atoms with E-state index in [9.17, 15) is 24.3 Å². The molecule has 0 radical (unpaired) electrons. The molecule has 3 saturated heterocycles. The highest BCUT2D eigenvalue weighted by molar-refractivity contribution is 6.34. The van der Waals surface area contributed by atoms with Crippen molar-refractivity contribution in [3.05, 3.63) is 76.5 Å². The number of aromatic nitrogens is 4. The number of rotatable bonds is 13. The molecule has 0 bridgehead atoms. The van der Waals surface area contributed by atoms with Crippen LogP contribution in [0.25, 0.3) is 22.4 Å². The number of likely N-dealkylation sites (tertiary alicyclic amines) is 1. The SMILES string of the molecule is COCCn1ncc(-c2ccc(-c3cnc(C(=O)Nc4ccc(C(=O)N5CCN(C(=O)C6CC[N+](CC(=O)[O-])(CC7CNC7)CC6)CC5)c(Cl)c4)n3C)c(F)c2F)c1C. The standard InChI is InChI=1S/C41H48ClF2N9O6/c1-25-32(21-47-52(25)14-17-59-3)29-6-7-31(37(44)36(29)43)34-22-46-38(49(34)2)39(56)48-28-4-5-30(33(42)18-28)41(58)51-12-10-50(11-13-51)40(57)27-8-15-53(16-9-27,24-35(54)55)23-26-19-45-20-26/h4-7,18,21-22,26-27,45H,8-17,19-20,23-24H2,1-3H3,(H-,48,54,55,56,58). The van der Waals surface area contributed by atoms with Gasteiger partial charge < -0.3 is 44.1 Å². The van der Waals surface area contributed by atoms with Crippen LogP contribution in [0.2, 0.25) is 5.02 Å². The number of imidazole rings is 1. The summed E-state index contributed by atoms with van der Waals surface area (Å²) in [4.78, 5) is 59.6. The second kappa shape index (κ2) is 17.6. The van der Waals surface area contributed by atoms with Crippen molar-refractivity contribution >= 4 is 41.0 Å². The number of carboxylic acids is 1. The van der Waals surface area contributed by atoms with Gasteiger partial charge in [-0.05, 0) is 31.2 Å². The van der Waals surface area contributed by atoms with Gasteiger partial charge in [0, 0.05) is 106 Å². The average molecular weight is 836 g/mol. The first-order valence-electron chi connectivity index (χ1n) is 19.8. The van der Waals surface area contributed by atoms with Crippen LogP contribution in [0.3, 0.4) is 0 Å². The summed E-state index contributed by atoms with van der Waals surface area (Å²) in [5.41, 5.74) is 1.78. The van der Waals surface area contributed by atoms with Gasteiger partial charge >= 0.3 is 0 Å². The molecule has 3 aliphatic rings. The number of amides is 3. The van der Waals surface area contributed by atoms with Gasteiger partial charge in [0.1, 0.15) is 6.54 Å². The highest BCUT2D eigenvalue weighted by Gasteiger charge is 2.41. The molecule has 5 heterocycles. The Bertz CT molecular complexity index is 2240. The minimum absolute atomic E-state index is 0.0352. The number of carbonyl (C=O) groups excluding carboxylic acids is 4. The Morgan fingerprint density at radius 1 is 0.983 bits per heavy atom. The topological polar surface area (TPSA) is 167 Å². The minimum atomic E-state index is -1.10. The molecule has 2 aromatic heterocycles. The largest absolute Gasteiger partial charge is 0.544 e. The number of halogens is 3. The molecule has 18 heteroatoms. The number of hydrogen-bond donors (Lipinski definition) is 2. The fraction of sp³-hybridized carbons (Fsp3) is 0.463. The van der Waals surface area contributed by atoms with Crippen molar-refractivity contribution in [2.24, 2.45) is 18.9 Å². The molecule has 0 unspecified atom stereocenters. The third kappa shape index (κ3) is 8.74. The van der Waals surface area contributed by atoms with Gasteiger partial charge in [0.15, 0.2) is 17.5 Å². The second-order valence-corrected chi connectivity index (χ2v) is 16.1. The maximum Gasteiger partial charge on any atom is 0.291 e. The molecule has 59 heavy (non-hydrogen) atoms. The number of methoxy groups -OCH3 is 1. The minimum Gasteiger partial charge on any atom is -0.544 e. The highest BCUT2D eigenvalue weighted by atomic mass is 35.5. The van der Waals surface area contributed by atoms with Crippen molar-refractivity contribution in [1.29, 1.82) is 0 Å². The number of nitrogens with one attached hydrogen (secondary N) is 2. The summed E-state index contributed by atoms with van der Waals surface area (Å²) in [5, 5.41) is 21.9. The van der Waals surface area contributed by atoms with E-state index < -0.39 is 23.5 Å². The highest BCUT2D eigenvalue weighted by Crippen LogP contribution is 2.34. The Kier molecular flexibility index (Phi) is 12.5. The van der Waals surface area contributed by atoms with Gasteiger partial charge in [-0.1, -0.05) is 17.7 Å². The van der Waals surface area contributed by atoms with E-state index in [0.717, 1.165) is 19.6 Å². The zero-order valence-electron chi connectivity index (χ0n) is 33.3. The lowest BCUT2D eigenvalue weighted by molar-refractivity contribution is -0.931. The monoisotopic (exact) mass is 835 g/mol. The summed E-state index contributed by atoms with van der Waals surface area (Å²) in [6.07, 6.45) is 4.00. The third-order valence-electron chi connectivity index (χ3n) is 12.0. The Balaban J connectivity index is 0.939. The summed E-state index contributed by atoms with van der Waals surface area (Å²) in [7, 11) is 3.08. The molecule has 3 aliphatic heterocycles. The maximum atomic E-state index is 15.6.